The zero-order valence-corrected chi connectivity index (χ0v) is 12.3. The minimum atomic E-state index is -0.482. The normalized spacial score (nSPS) is 10.7. The molecule has 0 aliphatic heterocycles. The van der Waals surface area contributed by atoms with Crippen LogP contribution in [0.4, 0.5) is 5.69 Å². The standard InChI is InChI=1S/C12H8BrN3O3S/c13-10-6-9(16(18)19)4-3-8(10)7-14-15-12(17)11-2-1-5-20-11/h1-7H,(H,15,17)/b14-7-. The van der Waals surface area contributed by atoms with Crippen LogP contribution in [0, 0.1) is 10.1 Å². The molecule has 6 nitrogen and oxygen atoms in total. The molecular weight excluding hydrogens is 346 g/mol. The van der Waals surface area contributed by atoms with Gasteiger partial charge in [0.15, 0.2) is 0 Å². The highest BCUT2D eigenvalue weighted by molar-refractivity contribution is 9.10. The minimum absolute atomic E-state index is 0.0170. The number of thiophene rings is 1. The van der Waals surface area contributed by atoms with E-state index >= 15 is 0 Å². The third-order valence-corrected chi connectivity index (χ3v) is 3.86. The average molecular weight is 354 g/mol. The molecule has 1 aromatic heterocycles. The fraction of sp³-hybridized carbons (Fsp3) is 0. The smallest absolute Gasteiger partial charge is 0.266 e. The van der Waals surface area contributed by atoms with Crippen molar-refractivity contribution in [2.75, 3.05) is 0 Å². The van der Waals surface area contributed by atoms with Crippen LogP contribution in [0.15, 0.2) is 45.3 Å². The summed E-state index contributed by atoms with van der Waals surface area (Å²) in [6, 6.07) is 7.76. The van der Waals surface area contributed by atoms with Crippen molar-refractivity contribution in [3.8, 4) is 0 Å². The maximum absolute atomic E-state index is 11.6. The molecule has 1 amide bonds. The summed E-state index contributed by atoms with van der Waals surface area (Å²) in [5, 5.41) is 16.2. The van der Waals surface area contributed by atoms with E-state index in [-0.39, 0.29) is 11.6 Å². The predicted octanol–water partition coefficient (Wildman–Crippen LogP) is 3.18. The van der Waals surface area contributed by atoms with E-state index in [2.05, 4.69) is 26.5 Å². The number of rotatable bonds is 4. The number of carbonyl (C=O) groups excluding carboxylic acids is 1. The molecule has 0 bridgehead atoms. The molecule has 0 atom stereocenters. The van der Waals surface area contributed by atoms with Crippen LogP contribution in [0.1, 0.15) is 15.2 Å². The zero-order chi connectivity index (χ0) is 14.5. The molecule has 20 heavy (non-hydrogen) atoms. The Bertz CT molecular complexity index is 671. The van der Waals surface area contributed by atoms with Crippen molar-refractivity contribution in [1.82, 2.24) is 5.43 Å². The number of hydrazone groups is 1. The Morgan fingerprint density at radius 3 is 2.85 bits per heavy atom. The van der Waals surface area contributed by atoms with Crippen molar-refractivity contribution in [1.29, 1.82) is 0 Å². The van der Waals surface area contributed by atoms with Gasteiger partial charge in [0.1, 0.15) is 0 Å². The highest BCUT2D eigenvalue weighted by Crippen LogP contribution is 2.21. The molecule has 1 N–H and O–H groups in total. The van der Waals surface area contributed by atoms with Crippen molar-refractivity contribution in [3.63, 3.8) is 0 Å². The summed E-state index contributed by atoms with van der Waals surface area (Å²) in [4.78, 5) is 22.3. The molecule has 0 radical (unpaired) electrons. The van der Waals surface area contributed by atoms with Crippen LogP contribution in [0.25, 0.3) is 0 Å². The van der Waals surface area contributed by atoms with Crippen LogP contribution < -0.4 is 5.43 Å². The van der Waals surface area contributed by atoms with Crippen LogP contribution in [0.2, 0.25) is 0 Å². The molecule has 2 rings (SSSR count). The Balaban J connectivity index is 2.05. The van der Waals surface area contributed by atoms with Crippen molar-refractivity contribution >= 4 is 45.1 Å². The van der Waals surface area contributed by atoms with Gasteiger partial charge in [0.2, 0.25) is 0 Å². The summed E-state index contributed by atoms with van der Waals surface area (Å²) in [6.07, 6.45) is 1.42. The number of nitro benzene ring substituents is 1. The van der Waals surface area contributed by atoms with Crippen LogP contribution in [-0.2, 0) is 0 Å². The average Bonchev–Trinajstić information content (AvgIpc) is 2.94. The fourth-order valence-electron chi connectivity index (χ4n) is 1.36. The number of nitrogens with one attached hydrogen (secondary N) is 1. The van der Waals surface area contributed by atoms with E-state index in [9.17, 15) is 14.9 Å². The zero-order valence-electron chi connectivity index (χ0n) is 9.95. The van der Waals surface area contributed by atoms with E-state index in [1.54, 1.807) is 23.6 Å². The molecule has 102 valence electrons. The molecular formula is C12H8BrN3O3S. The molecule has 2 aromatic rings. The molecule has 1 aromatic carbocycles. The van der Waals surface area contributed by atoms with Gasteiger partial charge < -0.3 is 0 Å². The quantitative estimate of drug-likeness (QED) is 0.520. The second-order valence-electron chi connectivity index (χ2n) is 3.64. The van der Waals surface area contributed by atoms with Gasteiger partial charge in [-0.2, -0.15) is 5.10 Å². The number of nitro groups is 1. The van der Waals surface area contributed by atoms with Crippen LogP contribution in [0.3, 0.4) is 0 Å². The number of benzene rings is 1. The lowest BCUT2D eigenvalue weighted by molar-refractivity contribution is -0.384. The van der Waals surface area contributed by atoms with Crippen LogP contribution in [-0.4, -0.2) is 17.0 Å². The number of hydrogen-bond donors (Lipinski definition) is 1. The van der Waals surface area contributed by atoms with E-state index in [1.165, 1.54) is 29.7 Å². The molecule has 0 saturated heterocycles. The summed E-state index contributed by atoms with van der Waals surface area (Å²) in [5.41, 5.74) is 2.99. The number of non-ortho nitro benzene ring substituents is 1. The summed E-state index contributed by atoms with van der Waals surface area (Å²) in [7, 11) is 0. The molecule has 1 heterocycles. The van der Waals surface area contributed by atoms with Crippen LogP contribution in [0.5, 0.6) is 0 Å². The Hall–Kier alpha value is -2.06. The van der Waals surface area contributed by atoms with E-state index in [1.807, 2.05) is 0 Å². The third-order valence-electron chi connectivity index (χ3n) is 2.31. The third kappa shape index (κ3) is 3.49. The number of nitrogens with zero attached hydrogens (tertiary/aromatic N) is 2. The lowest BCUT2D eigenvalue weighted by Crippen LogP contribution is -2.16. The first-order valence-corrected chi connectivity index (χ1v) is 7.06. The summed E-state index contributed by atoms with van der Waals surface area (Å²) in [6.45, 7) is 0. The van der Waals surface area contributed by atoms with Gasteiger partial charge in [0.25, 0.3) is 11.6 Å². The Kier molecular flexibility index (Phi) is 4.59. The first-order chi connectivity index (χ1) is 9.58. The molecule has 0 fully saturated rings. The minimum Gasteiger partial charge on any atom is -0.266 e. The second kappa shape index (κ2) is 6.40. The maximum Gasteiger partial charge on any atom is 0.281 e. The molecule has 8 heteroatoms. The molecule has 0 aliphatic carbocycles. The van der Waals surface area contributed by atoms with E-state index < -0.39 is 4.92 Å². The Morgan fingerprint density at radius 1 is 1.45 bits per heavy atom. The maximum atomic E-state index is 11.6. The summed E-state index contributed by atoms with van der Waals surface area (Å²) < 4.78 is 0.529. The molecule has 0 aliphatic rings. The van der Waals surface area contributed by atoms with Crippen molar-refractivity contribution < 1.29 is 9.72 Å². The van der Waals surface area contributed by atoms with E-state index in [4.69, 9.17) is 0 Å². The first kappa shape index (κ1) is 14.4. The fourth-order valence-corrected chi connectivity index (χ4v) is 2.44. The highest BCUT2D eigenvalue weighted by atomic mass is 79.9. The van der Waals surface area contributed by atoms with E-state index in [0.29, 0.717) is 14.9 Å². The lowest BCUT2D eigenvalue weighted by atomic mass is 10.2. The number of halogens is 1. The predicted molar refractivity (Wildman–Crippen MR) is 80.2 cm³/mol. The van der Waals surface area contributed by atoms with Gasteiger partial charge in [-0.15, -0.1) is 11.3 Å². The van der Waals surface area contributed by atoms with Crippen LogP contribution >= 0.6 is 27.3 Å². The van der Waals surface area contributed by atoms with Gasteiger partial charge >= 0.3 is 0 Å². The monoisotopic (exact) mass is 353 g/mol. The number of hydrogen-bond acceptors (Lipinski definition) is 5. The van der Waals surface area contributed by atoms with Gasteiger partial charge in [0, 0.05) is 22.2 Å². The first-order valence-electron chi connectivity index (χ1n) is 5.39. The summed E-state index contributed by atoms with van der Waals surface area (Å²) >= 11 is 4.53. The van der Waals surface area contributed by atoms with Gasteiger partial charge in [-0.25, -0.2) is 5.43 Å². The highest BCUT2D eigenvalue weighted by Gasteiger charge is 2.08. The van der Waals surface area contributed by atoms with Crippen molar-refractivity contribution in [2.45, 2.75) is 0 Å². The molecule has 0 spiro atoms. The van der Waals surface area contributed by atoms with Crippen molar-refractivity contribution in [3.05, 3.63) is 60.7 Å². The molecule has 0 unspecified atom stereocenters. The molecule has 0 saturated carbocycles. The van der Waals surface area contributed by atoms with Gasteiger partial charge in [0.05, 0.1) is 16.0 Å². The Morgan fingerprint density at radius 2 is 2.25 bits per heavy atom. The number of amides is 1. The topological polar surface area (TPSA) is 84.6 Å². The van der Waals surface area contributed by atoms with Gasteiger partial charge in [-0.05, 0) is 33.4 Å². The Labute approximate surface area is 126 Å². The SMILES string of the molecule is O=C(N/N=C\c1ccc([N+](=O)[O-])cc1Br)c1cccs1. The van der Waals surface area contributed by atoms with E-state index in [0.717, 1.165) is 0 Å². The largest absolute Gasteiger partial charge is 0.281 e. The summed E-state index contributed by atoms with van der Waals surface area (Å²) in [5.74, 6) is -0.297. The lowest BCUT2D eigenvalue weighted by Gasteiger charge is -1.99. The van der Waals surface area contributed by atoms with Crippen molar-refractivity contribution in [2.24, 2.45) is 5.10 Å². The second-order valence-corrected chi connectivity index (χ2v) is 5.44. The number of carbonyl (C=O) groups is 1. The van der Waals surface area contributed by atoms with Gasteiger partial charge in [-0.3, -0.25) is 14.9 Å². The van der Waals surface area contributed by atoms with Gasteiger partial charge in [-0.1, -0.05) is 6.07 Å².